The van der Waals surface area contributed by atoms with Crippen LogP contribution >= 0.6 is 11.3 Å². The van der Waals surface area contributed by atoms with E-state index < -0.39 is 0 Å². The number of ether oxygens (including phenoxy) is 1. The smallest absolute Gasteiger partial charge is 0.275 e. The molecule has 0 bridgehead atoms. The normalized spacial score (nSPS) is 14.2. The molecule has 8 heteroatoms. The number of anilines is 2. The van der Waals surface area contributed by atoms with Crippen LogP contribution in [0.15, 0.2) is 48.1 Å². The molecule has 2 aromatic heterocycles. The third-order valence-electron chi connectivity index (χ3n) is 3.97. The van der Waals surface area contributed by atoms with Crippen LogP contribution in [-0.4, -0.2) is 47.2 Å². The first-order valence-electron chi connectivity index (χ1n) is 8.26. The molecule has 1 N–H and O–H groups in total. The van der Waals surface area contributed by atoms with Gasteiger partial charge in [-0.25, -0.2) is 15.0 Å². The molecule has 0 spiro atoms. The molecule has 1 aliphatic heterocycles. The lowest BCUT2D eigenvalue weighted by molar-refractivity contribution is 0.102. The quantitative estimate of drug-likeness (QED) is 0.764. The van der Waals surface area contributed by atoms with E-state index in [4.69, 9.17) is 4.74 Å². The van der Waals surface area contributed by atoms with E-state index >= 15 is 0 Å². The number of nitrogens with zero attached hydrogens (tertiary/aromatic N) is 4. The number of thiazole rings is 1. The average molecular weight is 367 g/mol. The highest BCUT2D eigenvalue weighted by Crippen LogP contribution is 2.23. The molecular weight excluding hydrogens is 350 g/mol. The van der Waals surface area contributed by atoms with Gasteiger partial charge in [-0.2, -0.15) is 0 Å². The molecule has 132 valence electrons. The Hall–Kier alpha value is -2.84. The number of nitrogens with one attached hydrogen (secondary N) is 1. The number of rotatable bonds is 4. The zero-order valence-corrected chi connectivity index (χ0v) is 14.8. The van der Waals surface area contributed by atoms with E-state index in [1.807, 2.05) is 24.3 Å². The molecule has 0 aliphatic carbocycles. The molecule has 3 aromatic rings. The highest BCUT2D eigenvalue weighted by Gasteiger charge is 2.15. The molecule has 1 amide bonds. The van der Waals surface area contributed by atoms with Crippen LogP contribution in [0.25, 0.3) is 10.8 Å². The van der Waals surface area contributed by atoms with Crippen LogP contribution in [0.4, 0.5) is 11.4 Å². The zero-order valence-electron chi connectivity index (χ0n) is 14.0. The average Bonchev–Trinajstić information content (AvgIpc) is 3.20. The van der Waals surface area contributed by atoms with Crippen LogP contribution in [0, 0.1) is 0 Å². The van der Waals surface area contributed by atoms with E-state index in [9.17, 15) is 4.79 Å². The molecule has 3 heterocycles. The van der Waals surface area contributed by atoms with Crippen LogP contribution in [-0.2, 0) is 4.74 Å². The summed E-state index contributed by atoms with van der Waals surface area (Å²) in [6.45, 7) is 3.15. The number of hydrogen-bond donors (Lipinski definition) is 1. The van der Waals surface area contributed by atoms with Gasteiger partial charge in [-0.15, -0.1) is 11.3 Å². The van der Waals surface area contributed by atoms with Crippen molar-refractivity contribution in [3.05, 3.63) is 53.8 Å². The number of morpholine rings is 1. The number of amides is 1. The zero-order chi connectivity index (χ0) is 17.8. The minimum atomic E-state index is -0.248. The summed E-state index contributed by atoms with van der Waals surface area (Å²) in [6.07, 6.45) is 3.31. The van der Waals surface area contributed by atoms with Crippen LogP contribution in [0.2, 0.25) is 0 Å². The highest BCUT2D eigenvalue weighted by atomic mass is 32.1. The lowest BCUT2D eigenvalue weighted by Crippen LogP contribution is -2.36. The van der Waals surface area contributed by atoms with Gasteiger partial charge in [-0.3, -0.25) is 4.79 Å². The fourth-order valence-electron chi connectivity index (χ4n) is 2.69. The molecule has 26 heavy (non-hydrogen) atoms. The molecule has 0 saturated carbocycles. The fourth-order valence-corrected chi connectivity index (χ4v) is 3.43. The molecule has 1 aliphatic rings. The number of carbonyl (C=O) groups is 1. The first-order chi connectivity index (χ1) is 12.8. The van der Waals surface area contributed by atoms with E-state index in [1.165, 1.54) is 11.3 Å². The van der Waals surface area contributed by atoms with Crippen molar-refractivity contribution < 1.29 is 9.53 Å². The molecule has 1 fully saturated rings. The van der Waals surface area contributed by atoms with Gasteiger partial charge in [0.15, 0.2) is 10.8 Å². The van der Waals surface area contributed by atoms with Gasteiger partial charge in [-0.1, -0.05) is 6.07 Å². The van der Waals surface area contributed by atoms with E-state index in [-0.39, 0.29) is 5.91 Å². The molecule has 1 saturated heterocycles. The number of aromatic nitrogens is 3. The van der Waals surface area contributed by atoms with Gasteiger partial charge in [0.25, 0.3) is 5.91 Å². The SMILES string of the molecule is O=C(Nc1cccc(N2CCOCC2)c1)c1csc(-c2ncccn2)n1. The van der Waals surface area contributed by atoms with Gasteiger partial charge in [-0.05, 0) is 24.3 Å². The topological polar surface area (TPSA) is 80.2 Å². The van der Waals surface area contributed by atoms with Gasteiger partial charge in [0, 0.05) is 42.2 Å². The maximum absolute atomic E-state index is 12.5. The Morgan fingerprint density at radius 1 is 1.15 bits per heavy atom. The fraction of sp³-hybridized carbons (Fsp3) is 0.222. The number of hydrogen-bond acceptors (Lipinski definition) is 7. The summed E-state index contributed by atoms with van der Waals surface area (Å²) in [5.41, 5.74) is 2.17. The molecule has 4 rings (SSSR count). The van der Waals surface area contributed by atoms with Crippen LogP contribution in [0.3, 0.4) is 0 Å². The maximum atomic E-state index is 12.5. The van der Waals surface area contributed by atoms with Crippen molar-refractivity contribution in [3.63, 3.8) is 0 Å². The third kappa shape index (κ3) is 3.71. The molecule has 0 atom stereocenters. The molecule has 0 radical (unpaired) electrons. The Balaban J connectivity index is 1.47. The van der Waals surface area contributed by atoms with Crippen molar-refractivity contribution in [1.82, 2.24) is 15.0 Å². The minimum absolute atomic E-state index is 0.248. The van der Waals surface area contributed by atoms with Crippen molar-refractivity contribution in [2.45, 2.75) is 0 Å². The summed E-state index contributed by atoms with van der Waals surface area (Å²) in [5.74, 6) is 0.272. The molecule has 0 unspecified atom stereocenters. The summed E-state index contributed by atoms with van der Waals surface area (Å²) in [6, 6.07) is 9.55. The standard InChI is InChI=1S/C18H17N5O2S/c24-17(15-12-26-18(22-15)16-19-5-2-6-20-16)21-13-3-1-4-14(11-13)23-7-9-25-10-8-23/h1-6,11-12H,7-10H2,(H,21,24). The Bertz CT molecular complexity index is 893. The van der Waals surface area contributed by atoms with Crippen molar-refractivity contribution in [3.8, 4) is 10.8 Å². The minimum Gasteiger partial charge on any atom is -0.378 e. The van der Waals surface area contributed by atoms with Crippen molar-refractivity contribution in [2.75, 3.05) is 36.5 Å². The maximum Gasteiger partial charge on any atom is 0.275 e. The molecular formula is C18H17N5O2S. The lowest BCUT2D eigenvalue weighted by atomic mass is 10.2. The predicted molar refractivity (Wildman–Crippen MR) is 101 cm³/mol. The van der Waals surface area contributed by atoms with Crippen molar-refractivity contribution in [1.29, 1.82) is 0 Å². The Kier molecular flexibility index (Phi) is 4.85. The van der Waals surface area contributed by atoms with Crippen LogP contribution in [0.5, 0.6) is 0 Å². The number of benzene rings is 1. The number of carbonyl (C=O) groups excluding carboxylic acids is 1. The van der Waals surface area contributed by atoms with Gasteiger partial charge in [0.2, 0.25) is 0 Å². The van der Waals surface area contributed by atoms with Gasteiger partial charge in [0.05, 0.1) is 13.2 Å². The van der Waals surface area contributed by atoms with Gasteiger partial charge in [0.1, 0.15) is 5.69 Å². The highest BCUT2D eigenvalue weighted by molar-refractivity contribution is 7.13. The van der Waals surface area contributed by atoms with Gasteiger partial charge >= 0.3 is 0 Å². The monoisotopic (exact) mass is 367 g/mol. The Morgan fingerprint density at radius 3 is 2.77 bits per heavy atom. The second-order valence-electron chi connectivity index (χ2n) is 5.71. The van der Waals surface area contributed by atoms with Crippen LogP contribution in [0.1, 0.15) is 10.5 Å². The van der Waals surface area contributed by atoms with E-state index in [0.717, 1.165) is 37.7 Å². The second kappa shape index (κ2) is 7.59. The summed E-state index contributed by atoms with van der Waals surface area (Å²) >= 11 is 1.35. The summed E-state index contributed by atoms with van der Waals surface area (Å²) in [7, 11) is 0. The van der Waals surface area contributed by atoms with Crippen molar-refractivity contribution in [2.24, 2.45) is 0 Å². The Labute approximate surface area is 154 Å². The van der Waals surface area contributed by atoms with E-state index in [2.05, 4.69) is 25.2 Å². The second-order valence-corrected chi connectivity index (χ2v) is 6.57. The predicted octanol–water partition coefficient (Wildman–Crippen LogP) is 2.69. The van der Waals surface area contributed by atoms with Gasteiger partial charge < -0.3 is 15.0 Å². The van der Waals surface area contributed by atoms with Crippen LogP contribution < -0.4 is 10.2 Å². The van der Waals surface area contributed by atoms with Crippen molar-refractivity contribution >= 4 is 28.6 Å². The molecule has 7 nitrogen and oxygen atoms in total. The van der Waals surface area contributed by atoms with E-state index in [0.29, 0.717) is 16.5 Å². The largest absolute Gasteiger partial charge is 0.378 e. The third-order valence-corrected chi connectivity index (χ3v) is 4.81. The first kappa shape index (κ1) is 16.6. The molecule has 1 aromatic carbocycles. The Morgan fingerprint density at radius 2 is 1.96 bits per heavy atom. The lowest BCUT2D eigenvalue weighted by Gasteiger charge is -2.29. The summed E-state index contributed by atoms with van der Waals surface area (Å²) in [4.78, 5) is 27.4. The first-order valence-corrected chi connectivity index (χ1v) is 9.14. The summed E-state index contributed by atoms with van der Waals surface area (Å²) < 4.78 is 5.38. The van der Waals surface area contributed by atoms with E-state index in [1.54, 1.807) is 23.8 Å². The summed E-state index contributed by atoms with van der Waals surface area (Å²) in [5, 5.41) is 5.25.